The van der Waals surface area contributed by atoms with Crippen molar-refractivity contribution in [1.29, 1.82) is 0 Å². The fraction of sp³-hybridized carbons (Fsp3) is 0.304. The molecule has 5 nitrogen and oxygen atoms in total. The molecule has 1 fully saturated rings. The van der Waals surface area contributed by atoms with Gasteiger partial charge >= 0.3 is 0 Å². The minimum atomic E-state index is -0.537. The first-order chi connectivity index (χ1) is 14.0. The van der Waals surface area contributed by atoms with Gasteiger partial charge in [-0.25, -0.2) is 0 Å². The number of carbonyl (C=O) groups excluding carboxylic acids is 2. The molecule has 29 heavy (non-hydrogen) atoms. The topological polar surface area (TPSA) is 60.3 Å². The Hall–Kier alpha value is -2.79. The smallest absolute Gasteiger partial charge is 0.292 e. The minimum absolute atomic E-state index is 0.100. The molecule has 1 aliphatic rings. The van der Waals surface area contributed by atoms with Crippen LogP contribution in [-0.2, 0) is 11.3 Å². The zero-order chi connectivity index (χ0) is 20.4. The van der Waals surface area contributed by atoms with Crippen molar-refractivity contribution in [3.05, 3.63) is 64.8 Å². The number of hydrogen-bond donors (Lipinski definition) is 1. The molecule has 0 aliphatic heterocycles. The summed E-state index contributed by atoms with van der Waals surface area (Å²) in [6, 6.07) is 13.3. The van der Waals surface area contributed by atoms with Crippen LogP contribution < -0.4 is 10.1 Å². The molecule has 6 heteroatoms. The standard InChI is InChI=1S/C23H23ClN2O3/c1-29-18-10-11-21-19(12-18)20(22(27)23(28)25-17-4-2-3-5-17)14-26(21)13-15-6-8-16(24)9-7-15/h6-12,14,17H,2-5,13H2,1H3,(H,25,28). The molecule has 1 aromatic heterocycles. The number of Topliss-reactive ketones (excluding diaryl/α,β-unsaturated/α-hetero) is 1. The van der Waals surface area contributed by atoms with Gasteiger partial charge in [-0.3, -0.25) is 9.59 Å². The number of amides is 1. The van der Waals surface area contributed by atoms with Crippen LogP contribution in [0.1, 0.15) is 41.6 Å². The van der Waals surface area contributed by atoms with Gasteiger partial charge in [-0.15, -0.1) is 0 Å². The zero-order valence-corrected chi connectivity index (χ0v) is 17.0. The Morgan fingerprint density at radius 1 is 1.14 bits per heavy atom. The Kier molecular flexibility index (Phi) is 5.58. The van der Waals surface area contributed by atoms with Gasteiger partial charge in [-0.1, -0.05) is 36.6 Å². The lowest BCUT2D eigenvalue weighted by molar-refractivity contribution is -0.117. The molecule has 0 spiro atoms. The molecule has 2 aromatic carbocycles. The number of nitrogens with zero attached hydrogens (tertiary/aromatic N) is 1. The SMILES string of the molecule is COc1ccc2c(c1)c(C(=O)C(=O)NC1CCCC1)cn2Cc1ccc(Cl)cc1. The van der Waals surface area contributed by atoms with Gasteiger partial charge in [-0.05, 0) is 48.7 Å². The number of ether oxygens (including phenoxy) is 1. The van der Waals surface area contributed by atoms with Crippen LogP contribution in [-0.4, -0.2) is 29.4 Å². The highest BCUT2D eigenvalue weighted by Crippen LogP contribution is 2.28. The normalized spacial score (nSPS) is 14.3. The van der Waals surface area contributed by atoms with Gasteiger partial charge in [0.1, 0.15) is 5.75 Å². The highest BCUT2D eigenvalue weighted by atomic mass is 35.5. The van der Waals surface area contributed by atoms with Crippen LogP contribution in [0.5, 0.6) is 5.75 Å². The van der Waals surface area contributed by atoms with E-state index in [0.717, 1.165) is 36.8 Å². The van der Waals surface area contributed by atoms with Crippen LogP contribution in [0.25, 0.3) is 10.9 Å². The van der Waals surface area contributed by atoms with E-state index in [4.69, 9.17) is 16.3 Å². The molecular formula is C23H23ClN2O3. The molecular weight excluding hydrogens is 388 g/mol. The summed E-state index contributed by atoms with van der Waals surface area (Å²) in [6.45, 7) is 0.567. The molecule has 0 unspecified atom stereocenters. The van der Waals surface area contributed by atoms with Crippen molar-refractivity contribution in [3.8, 4) is 5.75 Å². The molecule has 1 aliphatic carbocycles. The quantitative estimate of drug-likeness (QED) is 0.477. The lowest BCUT2D eigenvalue weighted by atomic mass is 10.1. The second-order valence-corrected chi connectivity index (χ2v) is 7.90. The average Bonchev–Trinajstić information content (AvgIpc) is 3.36. The number of halogens is 1. The van der Waals surface area contributed by atoms with Gasteiger partial charge in [0.15, 0.2) is 0 Å². The van der Waals surface area contributed by atoms with Gasteiger partial charge < -0.3 is 14.6 Å². The van der Waals surface area contributed by atoms with Crippen LogP contribution in [0.15, 0.2) is 48.7 Å². The van der Waals surface area contributed by atoms with Gasteiger partial charge in [0, 0.05) is 34.7 Å². The maximum atomic E-state index is 13.0. The first-order valence-corrected chi connectivity index (χ1v) is 10.2. The number of benzene rings is 2. The summed E-state index contributed by atoms with van der Waals surface area (Å²) in [5, 5.41) is 4.28. The number of ketones is 1. The van der Waals surface area contributed by atoms with E-state index in [1.165, 1.54) is 0 Å². The molecule has 0 saturated heterocycles. The first-order valence-electron chi connectivity index (χ1n) is 9.81. The summed E-state index contributed by atoms with van der Waals surface area (Å²) in [5.74, 6) is -0.401. The van der Waals surface area contributed by atoms with Crippen molar-refractivity contribution in [2.45, 2.75) is 38.3 Å². The third kappa shape index (κ3) is 4.15. The van der Waals surface area contributed by atoms with E-state index in [0.29, 0.717) is 28.3 Å². The van der Waals surface area contributed by atoms with Crippen molar-refractivity contribution in [2.75, 3.05) is 7.11 Å². The Balaban J connectivity index is 1.69. The van der Waals surface area contributed by atoms with Crippen LogP contribution in [0.3, 0.4) is 0 Å². The highest BCUT2D eigenvalue weighted by molar-refractivity contribution is 6.45. The van der Waals surface area contributed by atoms with Crippen molar-refractivity contribution in [3.63, 3.8) is 0 Å². The average molecular weight is 411 g/mol. The van der Waals surface area contributed by atoms with Crippen LogP contribution in [0.4, 0.5) is 0 Å². The summed E-state index contributed by atoms with van der Waals surface area (Å²) in [5.41, 5.74) is 2.32. The van der Waals surface area contributed by atoms with E-state index in [2.05, 4.69) is 5.32 Å². The Morgan fingerprint density at radius 2 is 1.86 bits per heavy atom. The highest BCUT2D eigenvalue weighted by Gasteiger charge is 2.25. The summed E-state index contributed by atoms with van der Waals surface area (Å²) in [7, 11) is 1.58. The summed E-state index contributed by atoms with van der Waals surface area (Å²) in [6.07, 6.45) is 5.82. The van der Waals surface area contributed by atoms with E-state index >= 15 is 0 Å². The third-order valence-electron chi connectivity index (χ3n) is 5.50. The number of fused-ring (bicyclic) bond motifs is 1. The summed E-state index contributed by atoms with van der Waals surface area (Å²) in [4.78, 5) is 25.6. The molecule has 1 amide bonds. The molecule has 1 N–H and O–H groups in total. The number of methoxy groups -OCH3 is 1. The number of nitrogens with one attached hydrogen (secondary N) is 1. The predicted octanol–water partition coefficient (Wildman–Crippen LogP) is 4.59. The fourth-order valence-electron chi connectivity index (χ4n) is 3.94. The predicted molar refractivity (Wildman–Crippen MR) is 114 cm³/mol. The number of aromatic nitrogens is 1. The first kappa shape index (κ1) is 19.5. The maximum absolute atomic E-state index is 13.0. The van der Waals surface area contributed by atoms with E-state index < -0.39 is 11.7 Å². The minimum Gasteiger partial charge on any atom is -0.497 e. The van der Waals surface area contributed by atoms with Crippen LogP contribution in [0, 0.1) is 0 Å². The molecule has 0 radical (unpaired) electrons. The zero-order valence-electron chi connectivity index (χ0n) is 16.3. The summed E-state index contributed by atoms with van der Waals surface area (Å²) >= 11 is 5.98. The lowest BCUT2D eigenvalue weighted by Crippen LogP contribution is -2.37. The van der Waals surface area contributed by atoms with E-state index in [-0.39, 0.29) is 6.04 Å². The lowest BCUT2D eigenvalue weighted by Gasteiger charge is -2.10. The Labute approximate surface area is 174 Å². The molecule has 4 rings (SSSR count). The second-order valence-electron chi connectivity index (χ2n) is 7.46. The van der Waals surface area contributed by atoms with Gasteiger partial charge in [0.25, 0.3) is 11.7 Å². The van der Waals surface area contributed by atoms with Crippen molar-refractivity contribution < 1.29 is 14.3 Å². The van der Waals surface area contributed by atoms with Gasteiger partial charge in [0.2, 0.25) is 0 Å². The van der Waals surface area contributed by atoms with Crippen molar-refractivity contribution >= 4 is 34.2 Å². The number of rotatable bonds is 6. The Bertz CT molecular complexity index is 1050. The third-order valence-corrected chi connectivity index (χ3v) is 5.75. The number of carbonyl (C=O) groups is 2. The Morgan fingerprint density at radius 3 is 2.55 bits per heavy atom. The van der Waals surface area contributed by atoms with Crippen molar-refractivity contribution in [2.24, 2.45) is 0 Å². The largest absolute Gasteiger partial charge is 0.497 e. The van der Waals surface area contributed by atoms with Crippen LogP contribution in [0.2, 0.25) is 5.02 Å². The van der Waals surface area contributed by atoms with Gasteiger partial charge in [-0.2, -0.15) is 0 Å². The molecule has 0 atom stereocenters. The molecule has 1 heterocycles. The summed E-state index contributed by atoms with van der Waals surface area (Å²) < 4.78 is 7.31. The second kappa shape index (κ2) is 8.29. The van der Waals surface area contributed by atoms with E-state index in [1.807, 2.05) is 47.0 Å². The van der Waals surface area contributed by atoms with Crippen LogP contribution >= 0.6 is 11.6 Å². The molecule has 1 saturated carbocycles. The maximum Gasteiger partial charge on any atom is 0.292 e. The molecule has 3 aromatic rings. The van der Waals surface area contributed by atoms with Gasteiger partial charge in [0.05, 0.1) is 12.7 Å². The number of hydrogen-bond acceptors (Lipinski definition) is 3. The monoisotopic (exact) mass is 410 g/mol. The molecule has 150 valence electrons. The van der Waals surface area contributed by atoms with Crippen molar-refractivity contribution in [1.82, 2.24) is 9.88 Å². The van der Waals surface area contributed by atoms with E-state index in [1.54, 1.807) is 13.3 Å². The fourth-order valence-corrected chi connectivity index (χ4v) is 4.07. The molecule has 0 bridgehead atoms. The van der Waals surface area contributed by atoms with E-state index in [9.17, 15) is 9.59 Å².